The first-order valence-electron chi connectivity index (χ1n) is 6.29. The fourth-order valence-electron chi connectivity index (χ4n) is 2.30. The van der Waals surface area contributed by atoms with Crippen LogP contribution in [0.2, 0.25) is 0 Å². The molecule has 2 N–H and O–H groups in total. The summed E-state index contributed by atoms with van der Waals surface area (Å²) in [4.78, 5) is 34.3. The summed E-state index contributed by atoms with van der Waals surface area (Å²) >= 11 is 0. The monoisotopic (exact) mass is 284 g/mol. The number of fused-ring (bicyclic) bond motifs is 1. The summed E-state index contributed by atoms with van der Waals surface area (Å²) in [7, 11) is 0. The number of hydrogen-bond acceptors (Lipinski definition) is 4. The van der Waals surface area contributed by atoms with Crippen LogP contribution in [0.5, 0.6) is 0 Å². The van der Waals surface area contributed by atoms with Crippen molar-refractivity contribution >= 4 is 17.0 Å². The number of hydrogen-bond donors (Lipinski definition) is 2. The Morgan fingerprint density at radius 1 is 1.38 bits per heavy atom. The molecule has 0 atom stereocenters. The van der Waals surface area contributed by atoms with Gasteiger partial charge in [0.1, 0.15) is 5.82 Å². The topological polar surface area (TPSA) is 101 Å². The second kappa shape index (κ2) is 4.86. The Kier molecular flexibility index (Phi) is 3.02. The van der Waals surface area contributed by atoms with Crippen LogP contribution in [0, 0.1) is 6.92 Å². The number of aromatic nitrogens is 4. The van der Waals surface area contributed by atoms with E-state index >= 15 is 0 Å². The highest BCUT2D eigenvalue weighted by Gasteiger charge is 2.15. The Morgan fingerprint density at radius 3 is 2.90 bits per heavy atom. The lowest BCUT2D eigenvalue weighted by molar-refractivity contribution is 0.0698. The molecule has 2 aromatic heterocycles. The van der Waals surface area contributed by atoms with Crippen LogP contribution in [0.1, 0.15) is 21.9 Å². The highest BCUT2D eigenvalue weighted by atomic mass is 16.4. The van der Waals surface area contributed by atoms with Crippen molar-refractivity contribution in [2.45, 2.75) is 13.5 Å². The highest BCUT2D eigenvalue weighted by Crippen LogP contribution is 2.17. The third-order valence-corrected chi connectivity index (χ3v) is 3.18. The van der Waals surface area contributed by atoms with Gasteiger partial charge >= 0.3 is 11.7 Å². The number of nitrogens with zero attached hydrogens (tertiary/aromatic N) is 3. The Bertz CT molecular complexity index is 895. The van der Waals surface area contributed by atoms with E-state index in [0.717, 1.165) is 0 Å². The predicted molar refractivity (Wildman–Crippen MR) is 75.4 cm³/mol. The molecule has 106 valence electrons. The quantitative estimate of drug-likeness (QED) is 0.752. The predicted octanol–water partition coefficient (Wildman–Crippen LogP) is 1.17. The van der Waals surface area contributed by atoms with E-state index in [-0.39, 0.29) is 17.8 Å². The average molecular weight is 284 g/mol. The number of H-pyrrole nitrogens is 1. The van der Waals surface area contributed by atoms with Gasteiger partial charge in [0.05, 0.1) is 28.8 Å². The number of carboxylic acids is 1. The zero-order chi connectivity index (χ0) is 15.0. The van der Waals surface area contributed by atoms with Gasteiger partial charge < -0.3 is 10.1 Å². The first-order chi connectivity index (χ1) is 10.1. The summed E-state index contributed by atoms with van der Waals surface area (Å²) in [6.07, 6.45) is 1.61. The number of carboxylic acid groups (broad SMARTS) is 1. The van der Waals surface area contributed by atoms with Gasteiger partial charge in [-0.2, -0.15) is 0 Å². The van der Waals surface area contributed by atoms with Crippen molar-refractivity contribution in [2.75, 3.05) is 0 Å². The Hall–Kier alpha value is -2.96. The van der Waals surface area contributed by atoms with Crippen LogP contribution in [-0.2, 0) is 6.54 Å². The molecule has 0 spiro atoms. The maximum Gasteiger partial charge on any atom is 0.337 e. The van der Waals surface area contributed by atoms with E-state index in [2.05, 4.69) is 15.0 Å². The number of nitrogens with one attached hydrogen (secondary N) is 1. The molecular formula is C14H12N4O3. The van der Waals surface area contributed by atoms with Crippen molar-refractivity contribution in [1.29, 1.82) is 0 Å². The molecule has 0 unspecified atom stereocenters. The van der Waals surface area contributed by atoms with Crippen LogP contribution < -0.4 is 5.69 Å². The van der Waals surface area contributed by atoms with Crippen LogP contribution >= 0.6 is 0 Å². The van der Waals surface area contributed by atoms with Crippen molar-refractivity contribution in [1.82, 2.24) is 19.5 Å². The van der Waals surface area contributed by atoms with Gasteiger partial charge in [-0.15, -0.1) is 0 Å². The summed E-state index contributed by atoms with van der Waals surface area (Å²) in [5.41, 5.74) is 1.22. The van der Waals surface area contributed by atoms with Gasteiger partial charge in [-0.05, 0) is 25.1 Å². The van der Waals surface area contributed by atoms with Gasteiger partial charge in [0.25, 0.3) is 0 Å². The lowest BCUT2D eigenvalue weighted by Crippen LogP contribution is -2.19. The van der Waals surface area contributed by atoms with Crippen LogP contribution in [0.3, 0.4) is 0 Å². The van der Waals surface area contributed by atoms with Crippen molar-refractivity contribution in [3.8, 4) is 0 Å². The molecule has 0 radical (unpaired) electrons. The Morgan fingerprint density at radius 2 is 2.19 bits per heavy atom. The number of aromatic amines is 1. The maximum atomic E-state index is 12.1. The molecular weight excluding hydrogens is 272 g/mol. The fraction of sp³-hybridized carbons (Fsp3) is 0.143. The van der Waals surface area contributed by atoms with Crippen molar-refractivity contribution in [2.24, 2.45) is 0 Å². The fourth-order valence-corrected chi connectivity index (χ4v) is 2.30. The lowest BCUT2D eigenvalue weighted by atomic mass is 10.2. The molecule has 0 aliphatic heterocycles. The molecule has 7 nitrogen and oxygen atoms in total. The SMILES string of the molecule is Cc1nccc(Cn2c(=O)[nH]c3cccc(C(=O)O)c32)n1. The molecule has 3 aromatic rings. The zero-order valence-electron chi connectivity index (χ0n) is 11.2. The average Bonchev–Trinajstić information content (AvgIpc) is 2.75. The highest BCUT2D eigenvalue weighted by molar-refractivity contribution is 6.01. The van der Waals surface area contributed by atoms with Crippen LogP contribution in [0.25, 0.3) is 11.0 Å². The molecule has 21 heavy (non-hydrogen) atoms. The molecule has 1 aromatic carbocycles. The summed E-state index contributed by atoms with van der Waals surface area (Å²) < 4.78 is 1.38. The molecule has 7 heteroatoms. The number of rotatable bonds is 3. The van der Waals surface area contributed by atoms with E-state index in [4.69, 9.17) is 0 Å². The van der Waals surface area contributed by atoms with Gasteiger partial charge in [-0.3, -0.25) is 4.57 Å². The van der Waals surface area contributed by atoms with Gasteiger partial charge in [-0.1, -0.05) is 6.07 Å². The Labute approximate surface area is 118 Å². The first-order valence-corrected chi connectivity index (χ1v) is 6.29. The van der Waals surface area contributed by atoms with Crippen LogP contribution in [0.15, 0.2) is 35.3 Å². The molecule has 0 amide bonds. The molecule has 0 saturated carbocycles. The minimum absolute atomic E-state index is 0.0802. The number of aryl methyl sites for hydroxylation is 1. The van der Waals surface area contributed by atoms with E-state index in [1.807, 2.05) is 0 Å². The smallest absolute Gasteiger partial charge is 0.337 e. The molecule has 0 saturated heterocycles. The van der Waals surface area contributed by atoms with E-state index in [0.29, 0.717) is 22.6 Å². The summed E-state index contributed by atoms with van der Waals surface area (Å²) in [5, 5.41) is 9.27. The molecule has 3 rings (SSSR count). The standard InChI is InChI=1S/C14H12N4O3/c1-8-15-6-5-9(16-8)7-18-12-10(13(19)20)3-2-4-11(12)17-14(18)21/h2-6H,7H2,1H3,(H,17,21)(H,19,20). The number of para-hydroxylation sites is 1. The third-order valence-electron chi connectivity index (χ3n) is 3.18. The van der Waals surface area contributed by atoms with E-state index < -0.39 is 5.97 Å². The van der Waals surface area contributed by atoms with E-state index in [9.17, 15) is 14.7 Å². The summed E-state index contributed by atoms with van der Waals surface area (Å²) in [6.45, 7) is 1.94. The minimum Gasteiger partial charge on any atom is -0.478 e. The van der Waals surface area contributed by atoms with Gasteiger partial charge in [-0.25, -0.2) is 19.6 Å². The van der Waals surface area contributed by atoms with Gasteiger partial charge in [0, 0.05) is 6.20 Å². The molecule has 0 fully saturated rings. The second-order valence-electron chi connectivity index (χ2n) is 4.62. The van der Waals surface area contributed by atoms with E-state index in [1.54, 1.807) is 31.3 Å². The maximum absolute atomic E-state index is 12.1. The van der Waals surface area contributed by atoms with Crippen LogP contribution in [-0.4, -0.2) is 30.6 Å². The first kappa shape index (κ1) is 13.0. The van der Waals surface area contributed by atoms with Crippen LogP contribution in [0.4, 0.5) is 0 Å². The van der Waals surface area contributed by atoms with Crippen molar-refractivity contribution < 1.29 is 9.90 Å². The van der Waals surface area contributed by atoms with Crippen molar-refractivity contribution in [3.05, 3.63) is 58.0 Å². The number of aromatic carboxylic acids is 1. The number of benzene rings is 1. The van der Waals surface area contributed by atoms with Crippen molar-refractivity contribution in [3.63, 3.8) is 0 Å². The molecule has 0 aliphatic rings. The summed E-state index contributed by atoms with van der Waals surface area (Å²) in [5.74, 6) is -0.480. The van der Waals surface area contributed by atoms with E-state index in [1.165, 1.54) is 10.6 Å². The molecule has 0 bridgehead atoms. The summed E-state index contributed by atoms with van der Waals surface area (Å²) in [6, 6.07) is 6.44. The molecule has 0 aliphatic carbocycles. The number of carbonyl (C=O) groups is 1. The normalized spacial score (nSPS) is 10.9. The number of imidazole rings is 1. The Balaban J connectivity index is 2.20. The third kappa shape index (κ3) is 2.29. The minimum atomic E-state index is -1.08. The van der Waals surface area contributed by atoms with Gasteiger partial charge in [0.2, 0.25) is 0 Å². The molecule has 2 heterocycles. The largest absolute Gasteiger partial charge is 0.478 e. The van der Waals surface area contributed by atoms with Gasteiger partial charge in [0.15, 0.2) is 0 Å². The lowest BCUT2D eigenvalue weighted by Gasteiger charge is -2.05. The second-order valence-corrected chi connectivity index (χ2v) is 4.62. The zero-order valence-corrected chi connectivity index (χ0v) is 11.2.